The Balaban J connectivity index is 1.81. The van der Waals surface area contributed by atoms with E-state index in [4.69, 9.17) is 0 Å². The minimum absolute atomic E-state index is 0.0655. The fraction of sp³-hybridized carbons (Fsp3) is 0.462. The topological polar surface area (TPSA) is 41.1 Å². The standard InChI is InChI=1S/C13H16F2N2O/c14-10-4-1-3-9(12(10)15)6-8-17-13(18)11-5-2-7-16-11/h1,3-4,11,16H,2,5-8H2,(H,17,18). The van der Waals surface area contributed by atoms with E-state index in [9.17, 15) is 13.6 Å². The van der Waals surface area contributed by atoms with E-state index in [1.165, 1.54) is 12.1 Å². The van der Waals surface area contributed by atoms with Crippen LogP contribution in [0, 0.1) is 11.6 Å². The molecule has 1 aromatic rings. The molecule has 1 aliphatic rings. The lowest BCUT2D eigenvalue weighted by atomic mass is 10.1. The quantitative estimate of drug-likeness (QED) is 0.852. The second kappa shape index (κ2) is 5.91. The number of hydrogen-bond acceptors (Lipinski definition) is 2. The van der Waals surface area contributed by atoms with Crippen LogP contribution in [0.15, 0.2) is 18.2 Å². The van der Waals surface area contributed by atoms with E-state index in [0.717, 1.165) is 25.5 Å². The first-order chi connectivity index (χ1) is 8.68. The monoisotopic (exact) mass is 254 g/mol. The van der Waals surface area contributed by atoms with Crippen molar-refractivity contribution in [3.8, 4) is 0 Å². The van der Waals surface area contributed by atoms with E-state index in [0.29, 0.717) is 13.0 Å². The Hall–Kier alpha value is -1.49. The molecule has 0 aliphatic carbocycles. The fourth-order valence-electron chi connectivity index (χ4n) is 2.09. The largest absolute Gasteiger partial charge is 0.354 e. The second-order valence-electron chi connectivity index (χ2n) is 4.40. The van der Waals surface area contributed by atoms with Crippen LogP contribution in [0.2, 0.25) is 0 Å². The lowest BCUT2D eigenvalue weighted by Gasteiger charge is -2.11. The molecule has 1 amide bonds. The molecule has 1 saturated heterocycles. The van der Waals surface area contributed by atoms with E-state index in [1.54, 1.807) is 0 Å². The van der Waals surface area contributed by atoms with Crippen molar-refractivity contribution in [2.75, 3.05) is 13.1 Å². The van der Waals surface area contributed by atoms with Crippen LogP contribution in [-0.2, 0) is 11.2 Å². The van der Waals surface area contributed by atoms with Gasteiger partial charge in [-0.25, -0.2) is 8.78 Å². The number of carbonyl (C=O) groups is 1. The third-order valence-electron chi connectivity index (χ3n) is 3.10. The molecule has 0 saturated carbocycles. The van der Waals surface area contributed by atoms with E-state index in [2.05, 4.69) is 10.6 Å². The first-order valence-corrected chi connectivity index (χ1v) is 6.12. The summed E-state index contributed by atoms with van der Waals surface area (Å²) in [5.74, 6) is -1.74. The molecular weight excluding hydrogens is 238 g/mol. The van der Waals surface area contributed by atoms with Crippen LogP contribution in [0.25, 0.3) is 0 Å². The Labute approximate surface area is 105 Å². The van der Waals surface area contributed by atoms with Gasteiger partial charge in [-0.2, -0.15) is 0 Å². The molecule has 98 valence electrons. The van der Waals surface area contributed by atoms with E-state index < -0.39 is 11.6 Å². The summed E-state index contributed by atoms with van der Waals surface area (Å²) < 4.78 is 26.3. The molecule has 2 rings (SSSR count). The molecule has 0 bridgehead atoms. The zero-order valence-electron chi connectivity index (χ0n) is 10.0. The molecule has 1 heterocycles. The molecule has 1 unspecified atom stereocenters. The van der Waals surface area contributed by atoms with Crippen LogP contribution in [-0.4, -0.2) is 25.0 Å². The number of hydrogen-bond donors (Lipinski definition) is 2. The maximum absolute atomic E-state index is 13.3. The van der Waals surface area contributed by atoms with Crippen LogP contribution < -0.4 is 10.6 Å². The van der Waals surface area contributed by atoms with Crippen molar-refractivity contribution < 1.29 is 13.6 Å². The number of halogens is 2. The predicted octanol–water partition coefficient (Wildman–Crippen LogP) is 1.38. The number of benzene rings is 1. The van der Waals surface area contributed by atoms with Crippen molar-refractivity contribution in [2.24, 2.45) is 0 Å². The highest BCUT2D eigenvalue weighted by molar-refractivity contribution is 5.81. The minimum Gasteiger partial charge on any atom is -0.354 e. The van der Waals surface area contributed by atoms with E-state index in [1.807, 2.05) is 0 Å². The van der Waals surface area contributed by atoms with Crippen LogP contribution >= 0.6 is 0 Å². The van der Waals surface area contributed by atoms with Gasteiger partial charge in [0.2, 0.25) is 5.91 Å². The lowest BCUT2D eigenvalue weighted by molar-refractivity contribution is -0.122. The molecule has 5 heteroatoms. The van der Waals surface area contributed by atoms with Gasteiger partial charge in [0.15, 0.2) is 11.6 Å². The first kappa shape index (κ1) is 13.0. The van der Waals surface area contributed by atoms with Crippen LogP contribution in [0.5, 0.6) is 0 Å². The Kier molecular flexibility index (Phi) is 4.25. The van der Waals surface area contributed by atoms with Crippen molar-refractivity contribution in [2.45, 2.75) is 25.3 Å². The summed E-state index contributed by atoms with van der Waals surface area (Å²) in [4.78, 5) is 11.6. The lowest BCUT2D eigenvalue weighted by Crippen LogP contribution is -2.41. The van der Waals surface area contributed by atoms with Gasteiger partial charge in [-0.05, 0) is 37.4 Å². The van der Waals surface area contributed by atoms with Gasteiger partial charge >= 0.3 is 0 Å². The molecule has 1 aromatic carbocycles. The highest BCUT2D eigenvalue weighted by Gasteiger charge is 2.21. The Morgan fingerprint density at radius 1 is 1.44 bits per heavy atom. The summed E-state index contributed by atoms with van der Waals surface area (Å²) in [6, 6.07) is 3.94. The molecule has 1 fully saturated rings. The summed E-state index contributed by atoms with van der Waals surface area (Å²) in [5, 5.41) is 5.81. The smallest absolute Gasteiger partial charge is 0.237 e. The maximum atomic E-state index is 13.3. The number of rotatable bonds is 4. The Bertz CT molecular complexity index is 431. The summed E-state index contributed by atoms with van der Waals surface area (Å²) in [5.41, 5.74) is 0.287. The van der Waals surface area contributed by atoms with Crippen molar-refractivity contribution in [3.05, 3.63) is 35.4 Å². The molecule has 0 spiro atoms. The van der Waals surface area contributed by atoms with Gasteiger partial charge in [0.1, 0.15) is 0 Å². The summed E-state index contributed by atoms with van der Waals surface area (Å²) in [7, 11) is 0. The Morgan fingerprint density at radius 2 is 2.28 bits per heavy atom. The maximum Gasteiger partial charge on any atom is 0.237 e. The Morgan fingerprint density at radius 3 is 3.00 bits per heavy atom. The van der Waals surface area contributed by atoms with Gasteiger partial charge in [-0.1, -0.05) is 12.1 Å². The van der Waals surface area contributed by atoms with Gasteiger partial charge in [0.05, 0.1) is 6.04 Å². The third kappa shape index (κ3) is 3.04. The zero-order chi connectivity index (χ0) is 13.0. The van der Waals surface area contributed by atoms with Gasteiger partial charge < -0.3 is 10.6 Å². The summed E-state index contributed by atoms with van der Waals surface area (Å²) >= 11 is 0. The number of nitrogens with one attached hydrogen (secondary N) is 2. The molecule has 0 radical (unpaired) electrons. The third-order valence-corrected chi connectivity index (χ3v) is 3.10. The zero-order valence-corrected chi connectivity index (χ0v) is 10.0. The van der Waals surface area contributed by atoms with Crippen LogP contribution in [0.3, 0.4) is 0 Å². The number of amides is 1. The van der Waals surface area contributed by atoms with Crippen LogP contribution in [0.4, 0.5) is 8.78 Å². The SMILES string of the molecule is O=C(NCCc1cccc(F)c1F)C1CCCN1. The molecule has 18 heavy (non-hydrogen) atoms. The molecule has 3 nitrogen and oxygen atoms in total. The van der Waals surface area contributed by atoms with Crippen molar-refractivity contribution in [1.82, 2.24) is 10.6 Å². The first-order valence-electron chi connectivity index (χ1n) is 6.12. The second-order valence-corrected chi connectivity index (χ2v) is 4.40. The van der Waals surface area contributed by atoms with Gasteiger partial charge in [0.25, 0.3) is 0 Å². The van der Waals surface area contributed by atoms with Crippen LogP contribution in [0.1, 0.15) is 18.4 Å². The summed E-state index contributed by atoms with van der Waals surface area (Å²) in [6.07, 6.45) is 2.12. The average Bonchev–Trinajstić information content (AvgIpc) is 2.88. The predicted molar refractivity (Wildman–Crippen MR) is 64.1 cm³/mol. The molecular formula is C13H16F2N2O. The molecule has 2 N–H and O–H groups in total. The van der Waals surface area contributed by atoms with Crippen molar-refractivity contribution in [3.63, 3.8) is 0 Å². The van der Waals surface area contributed by atoms with Gasteiger partial charge in [0, 0.05) is 6.54 Å². The summed E-state index contributed by atoms with van der Waals surface area (Å²) in [6.45, 7) is 1.17. The minimum atomic E-state index is -0.851. The molecule has 0 aromatic heterocycles. The van der Waals surface area contributed by atoms with Crippen molar-refractivity contribution >= 4 is 5.91 Å². The van der Waals surface area contributed by atoms with E-state index in [-0.39, 0.29) is 17.5 Å². The van der Waals surface area contributed by atoms with Crippen molar-refractivity contribution in [1.29, 1.82) is 0 Å². The number of carbonyl (C=O) groups excluding carboxylic acids is 1. The fourth-order valence-corrected chi connectivity index (χ4v) is 2.09. The highest BCUT2D eigenvalue weighted by Crippen LogP contribution is 2.11. The van der Waals surface area contributed by atoms with Gasteiger partial charge in [-0.15, -0.1) is 0 Å². The normalized spacial score (nSPS) is 18.9. The highest BCUT2D eigenvalue weighted by atomic mass is 19.2. The average molecular weight is 254 g/mol. The molecule has 1 atom stereocenters. The van der Waals surface area contributed by atoms with Gasteiger partial charge in [-0.3, -0.25) is 4.79 Å². The van der Waals surface area contributed by atoms with E-state index >= 15 is 0 Å². The molecule has 1 aliphatic heterocycles.